The number of rotatable bonds is 9. The molecule has 0 radical (unpaired) electrons. The summed E-state index contributed by atoms with van der Waals surface area (Å²) in [5.41, 5.74) is 3.49. The van der Waals surface area contributed by atoms with Gasteiger partial charge in [-0.1, -0.05) is 72.3 Å². The van der Waals surface area contributed by atoms with E-state index in [1.807, 2.05) is 37.4 Å². The lowest BCUT2D eigenvalue weighted by atomic mass is 9.91. The molecule has 5 heteroatoms. The van der Waals surface area contributed by atoms with E-state index in [2.05, 4.69) is 64.4 Å². The Labute approximate surface area is 208 Å². The van der Waals surface area contributed by atoms with Gasteiger partial charge in [0, 0.05) is 56.9 Å². The van der Waals surface area contributed by atoms with Crippen LogP contribution in [-0.4, -0.2) is 55.5 Å². The zero-order chi connectivity index (χ0) is 23.8. The van der Waals surface area contributed by atoms with E-state index < -0.39 is 0 Å². The topological polar surface area (TPSA) is 26.8 Å². The molecule has 0 saturated carbocycles. The third-order valence-corrected chi connectivity index (χ3v) is 7.04. The first-order valence-corrected chi connectivity index (χ1v) is 12.5. The second kappa shape index (κ2) is 12.2. The third-order valence-electron chi connectivity index (χ3n) is 6.79. The molecular formula is C29H34ClN3O. The summed E-state index contributed by atoms with van der Waals surface area (Å²) in [6.07, 6.45) is 1.47. The van der Waals surface area contributed by atoms with Crippen molar-refractivity contribution in [3.8, 4) is 0 Å². The molecule has 4 rings (SSSR count). The highest BCUT2D eigenvalue weighted by atomic mass is 35.5. The fraction of sp³-hybridized carbons (Fsp3) is 0.345. The summed E-state index contributed by atoms with van der Waals surface area (Å²) in [6, 6.07) is 28.6. The lowest BCUT2D eigenvalue weighted by molar-refractivity contribution is -0.118. The van der Waals surface area contributed by atoms with Crippen molar-refractivity contribution < 1.29 is 4.79 Å². The number of halogens is 1. The van der Waals surface area contributed by atoms with E-state index in [0.717, 1.165) is 51.4 Å². The summed E-state index contributed by atoms with van der Waals surface area (Å²) in [7, 11) is 1.85. The molecule has 1 aliphatic heterocycles. The molecule has 3 aromatic carbocycles. The number of piperazine rings is 1. The standard InChI is InChI=1S/C29H34ClN3O/c1-31(28-14-12-27(30)13-15-28)29(34)22-26(25-10-6-3-7-11-25)16-17-32-18-20-33(21-19-32)23-24-8-4-2-5-9-24/h2-15,26H,16-23H2,1H3. The predicted octanol–water partition coefficient (Wildman–Crippen LogP) is 5.68. The normalized spacial score (nSPS) is 15.7. The van der Waals surface area contributed by atoms with E-state index in [1.54, 1.807) is 4.90 Å². The summed E-state index contributed by atoms with van der Waals surface area (Å²) in [5, 5.41) is 0.677. The summed E-state index contributed by atoms with van der Waals surface area (Å²) >= 11 is 6.01. The maximum Gasteiger partial charge on any atom is 0.227 e. The van der Waals surface area contributed by atoms with Crippen LogP contribution in [0.3, 0.4) is 0 Å². The first kappa shape index (κ1) is 24.5. The Balaban J connectivity index is 1.32. The molecule has 0 bridgehead atoms. The zero-order valence-corrected chi connectivity index (χ0v) is 20.7. The van der Waals surface area contributed by atoms with Crippen molar-refractivity contribution in [3.05, 3.63) is 101 Å². The molecule has 0 aliphatic carbocycles. The van der Waals surface area contributed by atoms with E-state index >= 15 is 0 Å². The van der Waals surface area contributed by atoms with Gasteiger partial charge >= 0.3 is 0 Å². The Hall–Kier alpha value is -2.66. The van der Waals surface area contributed by atoms with Gasteiger partial charge in [0.05, 0.1) is 0 Å². The van der Waals surface area contributed by atoms with Crippen molar-refractivity contribution in [1.82, 2.24) is 9.80 Å². The quantitative estimate of drug-likeness (QED) is 0.398. The van der Waals surface area contributed by atoms with Crippen molar-refractivity contribution in [3.63, 3.8) is 0 Å². The number of hydrogen-bond acceptors (Lipinski definition) is 3. The van der Waals surface area contributed by atoms with Gasteiger partial charge in [0.1, 0.15) is 0 Å². The van der Waals surface area contributed by atoms with Crippen molar-refractivity contribution in [2.24, 2.45) is 0 Å². The molecule has 178 valence electrons. The minimum atomic E-state index is 0.129. The second-order valence-electron chi connectivity index (χ2n) is 9.13. The van der Waals surface area contributed by atoms with Crippen LogP contribution in [0.2, 0.25) is 5.02 Å². The highest BCUT2D eigenvalue weighted by Gasteiger charge is 2.22. The van der Waals surface area contributed by atoms with Crippen LogP contribution in [0.15, 0.2) is 84.9 Å². The summed E-state index contributed by atoms with van der Waals surface area (Å²) < 4.78 is 0. The molecule has 1 heterocycles. The fourth-order valence-corrected chi connectivity index (χ4v) is 4.75. The maximum atomic E-state index is 13.2. The lowest BCUT2D eigenvalue weighted by Crippen LogP contribution is -2.46. The fourth-order valence-electron chi connectivity index (χ4n) is 4.62. The van der Waals surface area contributed by atoms with Crippen molar-refractivity contribution in [1.29, 1.82) is 0 Å². The SMILES string of the molecule is CN(C(=O)CC(CCN1CCN(Cc2ccccc2)CC1)c1ccccc1)c1ccc(Cl)cc1. The van der Waals surface area contributed by atoms with Gasteiger partial charge in [0.2, 0.25) is 5.91 Å². The Morgan fingerprint density at radius 3 is 2.09 bits per heavy atom. The summed E-state index contributed by atoms with van der Waals surface area (Å²) in [4.78, 5) is 20.0. The monoisotopic (exact) mass is 475 g/mol. The highest BCUT2D eigenvalue weighted by Crippen LogP contribution is 2.27. The molecule has 0 N–H and O–H groups in total. The van der Waals surface area contributed by atoms with Gasteiger partial charge in [0.15, 0.2) is 0 Å². The predicted molar refractivity (Wildman–Crippen MR) is 141 cm³/mol. The van der Waals surface area contributed by atoms with E-state index in [4.69, 9.17) is 11.6 Å². The number of carbonyl (C=O) groups excluding carboxylic acids is 1. The van der Waals surface area contributed by atoms with Crippen LogP contribution < -0.4 is 4.90 Å². The number of amides is 1. The number of nitrogens with zero attached hydrogens (tertiary/aromatic N) is 3. The molecular weight excluding hydrogens is 442 g/mol. The Morgan fingerprint density at radius 2 is 1.44 bits per heavy atom. The summed E-state index contributed by atoms with van der Waals surface area (Å²) in [5.74, 6) is 0.328. The molecule has 1 amide bonds. The number of hydrogen-bond donors (Lipinski definition) is 0. The largest absolute Gasteiger partial charge is 0.315 e. The third kappa shape index (κ3) is 6.92. The molecule has 1 fully saturated rings. The van der Waals surface area contributed by atoms with E-state index in [0.29, 0.717) is 11.4 Å². The van der Waals surface area contributed by atoms with Crippen molar-refractivity contribution in [2.75, 3.05) is 44.7 Å². The maximum absolute atomic E-state index is 13.2. The van der Waals surface area contributed by atoms with Crippen LogP contribution in [0.1, 0.15) is 29.9 Å². The van der Waals surface area contributed by atoms with Crippen molar-refractivity contribution in [2.45, 2.75) is 25.3 Å². The van der Waals surface area contributed by atoms with Gasteiger partial charge in [-0.25, -0.2) is 0 Å². The molecule has 1 unspecified atom stereocenters. The second-order valence-corrected chi connectivity index (χ2v) is 9.57. The van der Waals surface area contributed by atoms with Gasteiger partial charge in [0.25, 0.3) is 0 Å². The Morgan fingerprint density at radius 1 is 0.853 bits per heavy atom. The molecule has 3 aromatic rings. The Bertz CT molecular complexity index is 1020. The number of carbonyl (C=O) groups is 1. The molecule has 4 nitrogen and oxygen atoms in total. The van der Waals surface area contributed by atoms with E-state index in [9.17, 15) is 4.79 Å². The number of anilines is 1. The highest BCUT2D eigenvalue weighted by molar-refractivity contribution is 6.30. The van der Waals surface area contributed by atoms with Crippen LogP contribution >= 0.6 is 11.6 Å². The van der Waals surface area contributed by atoms with Crippen LogP contribution in [0, 0.1) is 0 Å². The van der Waals surface area contributed by atoms with Gasteiger partial charge in [-0.15, -0.1) is 0 Å². The zero-order valence-electron chi connectivity index (χ0n) is 19.9. The molecule has 1 saturated heterocycles. The van der Waals surface area contributed by atoms with Gasteiger partial charge in [-0.2, -0.15) is 0 Å². The van der Waals surface area contributed by atoms with E-state index in [-0.39, 0.29) is 11.8 Å². The average Bonchev–Trinajstić information content (AvgIpc) is 2.88. The van der Waals surface area contributed by atoms with Gasteiger partial charge in [-0.05, 0) is 54.3 Å². The molecule has 1 atom stereocenters. The summed E-state index contributed by atoms with van der Waals surface area (Å²) in [6.45, 7) is 6.36. The van der Waals surface area contributed by atoms with Crippen LogP contribution in [0.25, 0.3) is 0 Å². The van der Waals surface area contributed by atoms with Crippen LogP contribution in [-0.2, 0) is 11.3 Å². The van der Waals surface area contributed by atoms with Crippen molar-refractivity contribution >= 4 is 23.2 Å². The van der Waals surface area contributed by atoms with E-state index in [1.165, 1.54) is 11.1 Å². The van der Waals surface area contributed by atoms with Crippen LogP contribution in [0.4, 0.5) is 5.69 Å². The molecule has 0 spiro atoms. The molecule has 34 heavy (non-hydrogen) atoms. The smallest absolute Gasteiger partial charge is 0.227 e. The first-order chi connectivity index (χ1) is 16.6. The molecule has 0 aromatic heterocycles. The lowest BCUT2D eigenvalue weighted by Gasteiger charge is -2.35. The first-order valence-electron chi connectivity index (χ1n) is 12.1. The van der Waals surface area contributed by atoms with Gasteiger partial charge < -0.3 is 9.80 Å². The molecule has 1 aliphatic rings. The average molecular weight is 476 g/mol. The number of benzene rings is 3. The minimum absolute atomic E-state index is 0.129. The van der Waals surface area contributed by atoms with Gasteiger partial charge in [-0.3, -0.25) is 9.69 Å². The van der Waals surface area contributed by atoms with Crippen LogP contribution in [0.5, 0.6) is 0 Å². The minimum Gasteiger partial charge on any atom is -0.315 e. The Kier molecular flexibility index (Phi) is 8.75.